The average molecular weight is 313 g/mol. The highest BCUT2D eigenvalue weighted by atomic mass is 32.2. The minimum absolute atomic E-state index is 0.688. The molecule has 4 nitrogen and oxygen atoms in total. The van der Waals surface area contributed by atoms with Crippen LogP contribution in [0.15, 0.2) is 5.03 Å². The lowest BCUT2D eigenvalue weighted by Gasteiger charge is -2.44. The maximum absolute atomic E-state index is 5.99. The van der Waals surface area contributed by atoms with Crippen molar-refractivity contribution >= 4 is 23.5 Å². The van der Waals surface area contributed by atoms with E-state index in [1.807, 2.05) is 0 Å². The summed E-state index contributed by atoms with van der Waals surface area (Å²) in [7, 11) is 0. The van der Waals surface area contributed by atoms with Crippen LogP contribution in [0, 0.1) is 11.8 Å². The van der Waals surface area contributed by atoms with E-state index >= 15 is 0 Å². The predicted molar refractivity (Wildman–Crippen MR) is 83.7 cm³/mol. The van der Waals surface area contributed by atoms with Gasteiger partial charge < -0.3 is 9.64 Å². The number of unbranched alkanes of at least 4 members (excludes halogenated alkanes) is 1. The van der Waals surface area contributed by atoms with Crippen LogP contribution in [0.1, 0.15) is 32.6 Å². The van der Waals surface area contributed by atoms with Crippen LogP contribution in [0.2, 0.25) is 0 Å². The van der Waals surface area contributed by atoms with Crippen molar-refractivity contribution in [1.29, 1.82) is 0 Å². The second kappa shape index (κ2) is 7.09. The number of fused-ring (bicyclic) bond motifs is 3. The van der Waals surface area contributed by atoms with Gasteiger partial charge in [-0.3, -0.25) is 0 Å². The zero-order valence-corrected chi connectivity index (χ0v) is 13.7. The molecule has 0 amide bonds. The van der Waals surface area contributed by atoms with E-state index in [1.54, 1.807) is 11.8 Å². The molecule has 3 saturated heterocycles. The van der Waals surface area contributed by atoms with Crippen LogP contribution in [0.25, 0.3) is 0 Å². The van der Waals surface area contributed by atoms with E-state index in [-0.39, 0.29) is 0 Å². The number of ether oxygens (including phenoxy) is 1. The molecule has 0 saturated carbocycles. The highest BCUT2D eigenvalue weighted by molar-refractivity contribution is 7.99. The number of rotatable bonds is 7. The van der Waals surface area contributed by atoms with Crippen LogP contribution in [0.4, 0.5) is 0 Å². The van der Waals surface area contributed by atoms with Gasteiger partial charge in [-0.25, -0.2) is 0 Å². The van der Waals surface area contributed by atoms with Crippen molar-refractivity contribution in [3.05, 3.63) is 0 Å². The molecule has 1 aromatic rings. The van der Waals surface area contributed by atoms with Gasteiger partial charge in [-0.05, 0) is 44.0 Å². The second-order valence-electron chi connectivity index (χ2n) is 5.79. The van der Waals surface area contributed by atoms with E-state index in [4.69, 9.17) is 4.74 Å². The lowest BCUT2D eigenvalue weighted by molar-refractivity contribution is 0.0243. The number of thioether (sulfide) groups is 1. The maximum atomic E-state index is 5.99. The Morgan fingerprint density at radius 2 is 2.20 bits per heavy atom. The Labute approximate surface area is 129 Å². The van der Waals surface area contributed by atoms with Crippen molar-refractivity contribution in [2.24, 2.45) is 11.8 Å². The van der Waals surface area contributed by atoms with Crippen molar-refractivity contribution in [3.8, 4) is 5.88 Å². The average Bonchev–Trinajstić information content (AvgIpc) is 2.94. The van der Waals surface area contributed by atoms with Crippen LogP contribution < -0.4 is 4.74 Å². The van der Waals surface area contributed by atoms with Crippen LogP contribution in [0.3, 0.4) is 0 Å². The number of nitrogens with zero attached hydrogens (tertiary/aromatic N) is 3. The quantitative estimate of drug-likeness (QED) is 0.571. The molecule has 112 valence electrons. The molecule has 6 heteroatoms. The lowest BCUT2D eigenvalue weighted by Crippen LogP contribution is -2.49. The molecule has 1 atom stereocenters. The van der Waals surface area contributed by atoms with Gasteiger partial charge in [0.05, 0.1) is 18.3 Å². The van der Waals surface area contributed by atoms with E-state index in [1.165, 1.54) is 57.0 Å². The molecule has 2 bridgehead atoms. The highest BCUT2D eigenvalue weighted by Gasteiger charge is 2.34. The Kier molecular flexibility index (Phi) is 5.18. The third kappa shape index (κ3) is 3.46. The van der Waals surface area contributed by atoms with Gasteiger partial charge in [0.1, 0.15) is 0 Å². The largest absolute Gasteiger partial charge is 0.475 e. The summed E-state index contributed by atoms with van der Waals surface area (Å²) in [6.45, 7) is 6.81. The van der Waals surface area contributed by atoms with Gasteiger partial charge in [-0.2, -0.15) is 4.37 Å². The fraction of sp³-hybridized carbons (Fsp3) is 0.857. The van der Waals surface area contributed by atoms with Gasteiger partial charge in [-0.1, -0.05) is 25.1 Å². The van der Waals surface area contributed by atoms with Crippen molar-refractivity contribution < 1.29 is 4.74 Å². The van der Waals surface area contributed by atoms with Crippen LogP contribution >= 0.6 is 23.5 Å². The van der Waals surface area contributed by atoms with Gasteiger partial charge in [0.15, 0.2) is 5.03 Å². The Morgan fingerprint density at radius 3 is 2.90 bits per heavy atom. The van der Waals surface area contributed by atoms with Crippen molar-refractivity contribution in [1.82, 2.24) is 13.6 Å². The number of piperidine rings is 3. The minimum Gasteiger partial charge on any atom is -0.475 e. The summed E-state index contributed by atoms with van der Waals surface area (Å²) in [4.78, 5) is 2.57. The molecule has 4 rings (SSSR count). The van der Waals surface area contributed by atoms with Crippen LogP contribution in [-0.2, 0) is 0 Å². The molecule has 20 heavy (non-hydrogen) atoms. The second-order valence-corrected chi connectivity index (χ2v) is 7.40. The van der Waals surface area contributed by atoms with E-state index < -0.39 is 0 Å². The first-order valence-electron chi connectivity index (χ1n) is 7.67. The van der Waals surface area contributed by atoms with E-state index in [0.29, 0.717) is 5.92 Å². The number of hydrogen-bond donors (Lipinski definition) is 0. The summed E-state index contributed by atoms with van der Waals surface area (Å²) in [6, 6.07) is 0. The number of hydrogen-bond acceptors (Lipinski definition) is 6. The highest BCUT2D eigenvalue weighted by Crippen LogP contribution is 2.34. The third-order valence-electron chi connectivity index (χ3n) is 4.39. The first-order valence-corrected chi connectivity index (χ1v) is 9.39. The van der Waals surface area contributed by atoms with Gasteiger partial charge in [0.25, 0.3) is 5.88 Å². The molecule has 3 aliphatic heterocycles. The summed E-state index contributed by atoms with van der Waals surface area (Å²) < 4.78 is 14.7. The Morgan fingerprint density at radius 1 is 1.35 bits per heavy atom. The summed E-state index contributed by atoms with van der Waals surface area (Å²) in [5, 5.41) is 0.990. The Bertz CT molecular complexity index is 418. The monoisotopic (exact) mass is 313 g/mol. The summed E-state index contributed by atoms with van der Waals surface area (Å²) in [6.07, 6.45) is 5.14. The SMILES string of the molecule is CCCCSc1nsnc1OCC1CN2CCC1CC2. The molecular formula is C14H23N3OS2. The van der Waals surface area contributed by atoms with E-state index in [0.717, 1.165) is 29.2 Å². The van der Waals surface area contributed by atoms with Crippen LogP contribution in [0.5, 0.6) is 5.88 Å². The topological polar surface area (TPSA) is 38.3 Å². The fourth-order valence-corrected chi connectivity index (χ4v) is 4.75. The summed E-state index contributed by atoms with van der Waals surface area (Å²) in [5.74, 6) is 3.43. The standard InChI is InChI=1S/C14H23N3OS2/c1-2-3-8-19-14-13(15-20-16-14)18-10-12-9-17-6-4-11(12)5-7-17/h11-12H,2-10H2,1H3. The summed E-state index contributed by atoms with van der Waals surface area (Å²) >= 11 is 3.05. The molecule has 4 heterocycles. The molecular weight excluding hydrogens is 290 g/mol. The summed E-state index contributed by atoms with van der Waals surface area (Å²) in [5.41, 5.74) is 0. The van der Waals surface area contributed by atoms with Gasteiger partial charge in [-0.15, -0.1) is 4.37 Å². The smallest absolute Gasteiger partial charge is 0.260 e. The zero-order valence-electron chi connectivity index (χ0n) is 12.1. The molecule has 1 aromatic heterocycles. The minimum atomic E-state index is 0.688. The first kappa shape index (κ1) is 14.6. The third-order valence-corrected chi connectivity index (χ3v) is 6.05. The van der Waals surface area contributed by atoms with E-state index in [9.17, 15) is 0 Å². The van der Waals surface area contributed by atoms with Crippen molar-refractivity contribution in [2.45, 2.75) is 37.6 Å². The Hall–Kier alpha value is -0.330. The first-order chi connectivity index (χ1) is 9.86. The van der Waals surface area contributed by atoms with Gasteiger partial charge in [0.2, 0.25) is 0 Å². The number of aromatic nitrogens is 2. The maximum Gasteiger partial charge on any atom is 0.260 e. The van der Waals surface area contributed by atoms with Crippen LogP contribution in [-0.4, -0.2) is 45.6 Å². The van der Waals surface area contributed by atoms with Crippen molar-refractivity contribution in [3.63, 3.8) is 0 Å². The molecule has 0 aliphatic carbocycles. The lowest BCUT2D eigenvalue weighted by atomic mass is 9.79. The normalized spacial score (nSPS) is 28.8. The fourth-order valence-electron chi connectivity index (χ4n) is 3.12. The predicted octanol–water partition coefficient (Wildman–Crippen LogP) is 3.15. The van der Waals surface area contributed by atoms with Gasteiger partial charge >= 0.3 is 0 Å². The van der Waals surface area contributed by atoms with Gasteiger partial charge in [0, 0.05) is 12.5 Å². The Balaban J connectivity index is 1.49. The molecule has 0 radical (unpaired) electrons. The molecule has 0 aromatic carbocycles. The molecule has 1 unspecified atom stereocenters. The van der Waals surface area contributed by atoms with Crippen molar-refractivity contribution in [2.75, 3.05) is 32.0 Å². The molecule has 3 aliphatic rings. The molecule has 0 spiro atoms. The van der Waals surface area contributed by atoms with E-state index in [2.05, 4.69) is 20.6 Å². The molecule has 0 N–H and O–H groups in total. The molecule has 3 fully saturated rings. The zero-order chi connectivity index (χ0) is 13.8.